The Balaban J connectivity index is 1.71. The second-order valence-corrected chi connectivity index (χ2v) is 8.26. The molecule has 0 spiro atoms. The highest BCUT2D eigenvalue weighted by atomic mass is 19.1. The van der Waals surface area contributed by atoms with Gasteiger partial charge in [-0.2, -0.15) is 0 Å². The summed E-state index contributed by atoms with van der Waals surface area (Å²) in [6, 6.07) is 12.0. The summed E-state index contributed by atoms with van der Waals surface area (Å²) >= 11 is 0. The Morgan fingerprint density at radius 3 is 2.31 bits per heavy atom. The number of likely N-dealkylation sites (tertiary alicyclic amines) is 1. The summed E-state index contributed by atoms with van der Waals surface area (Å²) < 4.78 is 14.7. The number of carbonyl (C=O) groups is 2. The second kappa shape index (κ2) is 7.58. The van der Waals surface area contributed by atoms with Crippen LogP contribution < -0.4 is 5.73 Å². The fourth-order valence-corrected chi connectivity index (χ4v) is 5.14. The molecule has 1 saturated carbocycles. The van der Waals surface area contributed by atoms with Crippen LogP contribution >= 0.6 is 0 Å². The van der Waals surface area contributed by atoms with Crippen molar-refractivity contribution < 1.29 is 14.0 Å². The van der Waals surface area contributed by atoms with Gasteiger partial charge in [0.05, 0.1) is 11.1 Å². The highest BCUT2D eigenvalue weighted by molar-refractivity contribution is 5.91. The zero-order chi connectivity index (χ0) is 20.5. The predicted octanol–water partition coefficient (Wildman–Crippen LogP) is 3.08. The molecule has 4 rings (SSSR count). The van der Waals surface area contributed by atoms with Crippen LogP contribution in [0, 0.1) is 5.82 Å². The molecule has 6 heteroatoms. The number of carbonyl (C=O) groups excluding carboxylic acids is 2. The minimum Gasteiger partial charge on any atom is -0.369 e. The molecule has 2 aromatic rings. The van der Waals surface area contributed by atoms with Gasteiger partial charge in [-0.05, 0) is 43.9 Å². The number of nitrogens with zero attached hydrogens (tertiary/aromatic N) is 2. The number of primary amides is 1. The van der Waals surface area contributed by atoms with Gasteiger partial charge >= 0.3 is 0 Å². The van der Waals surface area contributed by atoms with Crippen molar-refractivity contribution in [2.24, 2.45) is 5.73 Å². The van der Waals surface area contributed by atoms with E-state index in [1.54, 1.807) is 41.4 Å². The van der Waals surface area contributed by atoms with Crippen LogP contribution in [0.1, 0.15) is 49.8 Å². The van der Waals surface area contributed by atoms with Gasteiger partial charge in [-0.25, -0.2) is 4.39 Å². The van der Waals surface area contributed by atoms with E-state index in [1.807, 2.05) is 6.07 Å². The molecule has 2 fully saturated rings. The number of amides is 2. The minimum atomic E-state index is -1.01. The van der Waals surface area contributed by atoms with Crippen LogP contribution in [0.4, 0.5) is 4.39 Å². The maximum absolute atomic E-state index is 14.7. The van der Waals surface area contributed by atoms with Crippen LogP contribution in [-0.4, -0.2) is 34.8 Å². The van der Waals surface area contributed by atoms with E-state index in [9.17, 15) is 14.0 Å². The van der Waals surface area contributed by atoms with Gasteiger partial charge < -0.3 is 10.6 Å². The molecule has 1 aliphatic carbocycles. The van der Waals surface area contributed by atoms with Crippen LogP contribution in [0.15, 0.2) is 48.7 Å². The zero-order valence-electron chi connectivity index (χ0n) is 16.4. The number of rotatable bonds is 4. The smallest absolute Gasteiger partial charge is 0.233 e. The summed E-state index contributed by atoms with van der Waals surface area (Å²) in [5.74, 6) is -0.910. The summed E-state index contributed by atoms with van der Waals surface area (Å²) in [6.07, 6.45) is 5.85. The van der Waals surface area contributed by atoms with E-state index in [1.165, 1.54) is 6.07 Å². The number of halogens is 1. The summed E-state index contributed by atoms with van der Waals surface area (Å²) in [7, 11) is 0. The van der Waals surface area contributed by atoms with Gasteiger partial charge in [0.25, 0.3) is 0 Å². The monoisotopic (exact) mass is 395 g/mol. The largest absolute Gasteiger partial charge is 0.369 e. The fraction of sp³-hybridized carbons (Fsp3) is 0.435. The molecule has 2 aliphatic rings. The van der Waals surface area contributed by atoms with Crippen molar-refractivity contribution in [1.29, 1.82) is 0 Å². The van der Waals surface area contributed by atoms with Crippen molar-refractivity contribution in [3.05, 3.63) is 65.7 Å². The maximum atomic E-state index is 14.7. The summed E-state index contributed by atoms with van der Waals surface area (Å²) in [6.45, 7) is 0.727. The van der Waals surface area contributed by atoms with Gasteiger partial charge in [0, 0.05) is 24.8 Å². The fourth-order valence-electron chi connectivity index (χ4n) is 5.14. The highest BCUT2D eigenvalue weighted by Crippen LogP contribution is 2.45. The van der Waals surface area contributed by atoms with Crippen LogP contribution in [0.3, 0.4) is 0 Å². The molecule has 1 saturated heterocycles. The van der Waals surface area contributed by atoms with E-state index < -0.39 is 16.7 Å². The van der Waals surface area contributed by atoms with E-state index in [0.717, 1.165) is 12.8 Å². The molecule has 29 heavy (non-hydrogen) atoms. The third-order valence-electron chi connectivity index (χ3n) is 6.66. The minimum absolute atomic E-state index is 0.0960. The van der Waals surface area contributed by atoms with E-state index in [2.05, 4.69) is 4.98 Å². The van der Waals surface area contributed by atoms with Crippen molar-refractivity contribution in [1.82, 2.24) is 9.88 Å². The number of nitrogens with two attached hydrogens (primary N) is 1. The molecule has 1 atom stereocenters. The zero-order valence-corrected chi connectivity index (χ0v) is 16.4. The second-order valence-electron chi connectivity index (χ2n) is 8.26. The number of aromatic nitrogens is 1. The number of piperidine rings is 1. The lowest BCUT2D eigenvalue weighted by Crippen LogP contribution is -2.58. The Labute approximate surface area is 170 Å². The van der Waals surface area contributed by atoms with Crippen LogP contribution in [0.25, 0.3) is 0 Å². The molecule has 1 aliphatic heterocycles. The lowest BCUT2D eigenvalue weighted by Gasteiger charge is -2.43. The third kappa shape index (κ3) is 3.20. The lowest BCUT2D eigenvalue weighted by atomic mass is 9.73. The van der Waals surface area contributed by atoms with Crippen molar-refractivity contribution in [2.45, 2.75) is 49.4 Å². The molecule has 2 heterocycles. The highest BCUT2D eigenvalue weighted by Gasteiger charge is 2.51. The molecule has 5 nitrogen and oxygen atoms in total. The molecular formula is C23H26FN3O2. The quantitative estimate of drug-likeness (QED) is 0.864. The Morgan fingerprint density at radius 2 is 1.66 bits per heavy atom. The van der Waals surface area contributed by atoms with Crippen LogP contribution in [0.5, 0.6) is 0 Å². The van der Waals surface area contributed by atoms with Crippen molar-refractivity contribution in [3.63, 3.8) is 0 Å². The molecule has 1 aromatic carbocycles. The number of hydrogen-bond acceptors (Lipinski definition) is 3. The molecule has 0 radical (unpaired) electrons. The molecule has 0 bridgehead atoms. The average Bonchev–Trinajstić information content (AvgIpc) is 3.25. The predicted molar refractivity (Wildman–Crippen MR) is 107 cm³/mol. The van der Waals surface area contributed by atoms with Gasteiger partial charge in [0.2, 0.25) is 11.8 Å². The molecule has 2 N–H and O–H groups in total. The molecule has 2 amide bonds. The molecule has 0 unspecified atom stereocenters. The number of benzene rings is 1. The van der Waals surface area contributed by atoms with Gasteiger partial charge in [-0.15, -0.1) is 0 Å². The van der Waals surface area contributed by atoms with E-state index >= 15 is 0 Å². The average molecular weight is 395 g/mol. The van der Waals surface area contributed by atoms with Crippen molar-refractivity contribution >= 4 is 11.8 Å². The van der Waals surface area contributed by atoms with E-state index in [0.29, 0.717) is 43.5 Å². The molecule has 1 aromatic heterocycles. The topological polar surface area (TPSA) is 76.3 Å². The Bertz CT molecular complexity index is 911. The first kappa shape index (κ1) is 19.6. The Hall–Kier alpha value is -2.76. The van der Waals surface area contributed by atoms with Crippen LogP contribution in [-0.2, 0) is 20.4 Å². The standard InChI is InChI=1S/C23H26FN3O2/c24-18-9-2-1-8-17(18)22(11-4-5-12-22)21(29)27-15-7-13-23(16-27,20(25)28)19-10-3-6-14-26-19/h1-3,6,8-10,14H,4-5,7,11-13,15-16H2,(H2,25,28)/t23-/m1/s1. The normalized spacial score (nSPS) is 23.7. The van der Waals surface area contributed by atoms with E-state index in [-0.39, 0.29) is 18.3 Å². The summed E-state index contributed by atoms with van der Waals surface area (Å²) in [5, 5.41) is 0. The number of pyridine rings is 1. The molecule has 152 valence electrons. The van der Waals surface area contributed by atoms with Gasteiger partial charge in [0.15, 0.2) is 0 Å². The molecular weight excluding hydrogens is 369 g/mol. The Morgan fingerprint density at radius 1 is 0.966 bits per heavy atom. The van der Waals surface area contributed by atoms with Crippen LogP contribution in [0.2, 0.25) is 0 Å². The summed E-state index contributed by atoms with van der Waals surface area (Å²) in [4.78, 5) is 32.5. The first-order valence-electron chi connectivity index (χ1n) is 10.3. The maximum Gasteiger partial charge on any atom is 0.233 e. The third-order valence-corrected chi connectivity index (χ3v) is 6.66. The van der Waals surface area contributed by atoms with Gasteiger partial charge in [-0.3, -0.25) is 14.6 Å². The van der Waals surface area contributed by atoms with Crippen molar-refractivity contribution in [3.8, 4) is 0 Å². The lowest BCUT2D eigenvalue weighted by molar-refractivity contribution is -0.141. The first-order chi connectivity index (χ1) is 14.0. The van der Waals surface area contributed by atoms with E-state index in [4.69, 9.17) is 5.73 Å². The first-order valence-corrected chi connectivity index (χ1v) is 10.3. The van der Waals surface area contributed by atoms with Gasteiger partial charge in [0.1, 0.15) is 11.2 Å². The SMILES string of the molecule is NC(=O)[C@]1(c2ccccn2)CCCN(C(=O)C2(c3ccccc3F)CCCC2)C1. The number of hydrogen-bond donors (Lipinski definition) is 1. The summed E-state index contributed by atoms with van der Waals surface area (Å²) in [5.41, 5.74) is 5.03. The Kier molecular flexibility index (Phi) is 5.11. The van der Waals surface area contributed by atoms with Gasteiger partial charge in [-0.1, -0.05) is 37.1 Å². The van der Waals surface area contributed by atoms with Crippen molar-refractivity contribution in [2.75, 3.05) is 13.1 Å².